The molecule has 64 valence electrons. The first-order valence-electron chi connectivity index (χ1n) is 3.58. The van der Waals surface area contributed by atoms with E-state index in [-0.39, 0.29) is 0 Å². The SMILES string of the molecule is CC.Cc1nc(CNS)n[nH]1. The number of thiol groups is 1. The normalized spacial score (nSPS) is 8.73. The molecular formula is C6H14N4S. The molecule has 0 aromatic carbocycles. The summed E-state index contributed by atoms with van der Waals surface area (Å²) < 4.78 is 2.65. The highest BCUT2D eigenvalue weighted by Gasteiger charge is 1.94. The summed E-state index contributed by atoms with van der Waals surface area (Å²) in [5, 5.41) is 6.58. The molecule has 0 spiro atoms. The molecule has 0 aliphatic rings. The lowest BCUT2D eigenvalue weighted by molar-refractivity contribution is 0.872. The first kappa shape index (κ1) is 10.4. The number of aromatic amines is 1. The van der Waals surface area contributed by atoms with Gasteiger partial charge in [-0.1, -0.05) is 26.7 Å². The van der Waals surface area contributed by atoms with Crippen LogP contribution < -0.4 is 4.72 Å². The summed E-state index contributed by atoms with van der Waals surface area (Å²) in [6, 6.07) is 0. The lowest BCUT2D eigenvalue weighted by Crippen LogP contribution is -2.00. The van der Waals surface area contributed by atoms with Crippen LogP contribution in [0.4, 0.5) is 0 Å². The Bertz CT molecular complexity index is 186. The highest BCUT2D eigenvalue weighted by atomic mass is 32.1. The maximum absolute atomic E-state index is 4.02. The van der Waals surface area contributed by atoms with Crippen molar-refractivity contribution < 1.29 is 0 Å². The van der Waals surface area contributed by atoms with E-state index in [1.807, 2.05) is 20.8 Å². The molecule has 0 unspecified atom stereocenters. The van der Waals surface area contributed by atoms with Gasteiger partial charge in [-0.3, -0.25) is 9.82 Å². The molecular weight excluding hydrogens is 160 g/mol. The maximum Gasteiger partial charge on any atom is 0.165 e. The molecule has 0 radical (unpaired) electrons. The van der Waals surface area contributed by atoms with Gasteiger partial charge in [0, 0.05) is 0 Å². The molecule has 0 aliphatic carbocycles. The molecule has 1 heterocycles. The van der Waals surface area contributed by atoms with Crippen LogP contribution in [0.15, 0.2) is 0 Å². The minimum Gasteiger partial charge on any atom is -0.263 e. The van der Waals surface area contributed by atoms with Crippen molar-refractivity contribution in [2.45, 2.75) is 27.3 Å². The van der Waals surface area contributed by atoms with Crippen molar-refractivity contribution in [3.63, 3.8) is 0 Å². The highest BCUT2D eigenvalue weighted by Crippen LogP contribution is 1.88. The second-order valence-corrected chi connectivity index (χ2v) is 1.99. The summed E-state index contributed by atoms with van der Waals surface area (Å²) in [5.74, 6) is 1.57. The lowest BCUT2D eigenvalue weighted by Gasteiger charge is -1.85. The fourth-order valence-corrected chi connectivity index (χ4v) is 0.680. The predicted molar refractivity (Wildman–Crippen MR) is 48.3 cm³/mol. The smallest absolute Gasteiger partial charge is 0.165 e. The molecule has 0 saturated heterocycles. The standard InChI is InChI=1S/C4H8N4S.C2H6/c1-3-6-4(2-5-9)8-7-3;1-2/h5,9H,2H2,1H3,(H,6,7,8);1-2H3. The summed E-state index contributed by atoms with van der Waals surface area (Å²) in [5.41, 5.74) is 0. The van der Waals surface area contributed by atoms with E-state index in [0.717, 1.165) is 11.6 Å². The average molecular weight is 174 g/mol. The third-order valence-electron chi connectivity index (χ3n) is 0.881. The lowest BCUT2D eigenvalue weighted by atomic mass is 10.6. The molecule has 0 saturated carbocycles. The van der Waals surface area contributed by atoms with Crippen molar-refractivity contribution in [2.75, 3.05) is 0 Å². The minimum atomic E-state index is 0.591. The van der Waals surface area contributed by atoms with Crippen LogP contribution in [0.25, 0.3) is 0 Å². The molecule has 11 heavy (non-hydrogen) atoms. The Labute approximate surface area is 72.4 Å². The predicted octanol–water partition coefficient (Wildman–Crippen LogP) is 1.07. The van der Waals surface area contributed by atoms with Crippen LogP contribution in [-0.4, -0.2) is 15.2 Å². The Kier molecular flexibility index (Phi) is 5.87. The molecule has 0 amide bonds. The number of hydrogen-bond acceptors (Lipinski definition) is 4. The molecule has 2 N–H and O–H groups in total. The first-order valence-corrected chi connectivity index (χ1v) is 4.02. The highest BCUT2D eigenvalue weighted by molar-refractivity contribution is 7.78. The van der Waals surface area contributed by atoms with Crippen molar-refractivity contribution in [3.8, 4) is 0 Å². The number of nitrogens with one attached hydrogen (secondary N) is 2. The van der Waals surface area contributed by atoms with Gasteiger partial charge in [0.25, 0.3) is 0 Å². The molecule has 0 atom stereocenters. The van der Waals surface area contributed by atoms with E-state index in [2.05, 4.69) is 32.7 Å². The van der Waals surface area contributed by atoms with Gasteiger partial charge < -0.3 is 0 Å². The molecule has 1 aromatic rings. The zero-order valence-corrected chi connectivity index (χ0v) is 7.94. The summed E-state index contributed by atoms with van der Waals surface area (Å²) in [4.78, 5) is 4.02. The Morgan fingerprint density at radius 2 is 2.18 bits per heavy atom. The van der Waals surface area contributed by atoms with Gasteiger partial charge in [0.1, 0.15) is 5.82 Å². The van der Waals surface area contributed by atoms with Gasteiger partial charge in [0.05, 0.1) is 6.54 Å². The van der Waals surface area contributed by atoms with Crippen molar-refractivity contribution in [1.29, 1.82) is 0 Å². The quantitative estimate of drug-likeness (QED) is 0.588. The van der Waals surface area contributed by atoms with Gasteiger partial charge in [0.15, 0.2) is 5.82 Å². The Hall–Kier alpha value is -0.550. The van der Waals surface area contributed by atoms with E-state index in [1.165, 1.54) is 0 Å². The summed E-state index contributed by atoms with van der Waals surface area (Å²) >= 11 is 3.80. The molecule has 0 bridgehead atoms. The second-order valence-electron chi connectivity index (χ2n) is 1.67. The summed E-state index contributed by atoms with van der Waals surface area (Å²) in [6.07, 6.45) is 0. The van der Waals surface area contributed by atoms with Crippen molar-refractivity contribution >= 4 is 12.8 Å². The van der Waals surface area contributed by atoms with Gasteiger partial charge in [-0.05, 0) is 6.92 Å². The molecule has 0 fully saturated rings. The van der Waals surface area contributed by atoms with E-state index in [4.69, 9.17) is 0 Å². The largest absolute Gasteiger partial charge is 0.263 e. The molecule has 0 aliphatic heterocycles. The Morgan fingerprint density at radius 1 is 1.55 bits per heavy atom. The van der Waals surface area contributed by atoms with Gasteiger partial charge >= 0.3 is 0 Å². The number of rotatable bonds is 2. The zero-order valence-electron chi connectivity index (χ0n) is 7.05. The number of aryl methyl sites for hydroxylation is 1. The number of H-pyrrole nitrogens is 1. The van der Waals surface area contributed by atoms with Crippen LogP contribution in [0.3, 0.4) is 0 Å². The van der Waals surface area contributed by atoms with Crippen LogP contribution in [0.5, 0.6) is 0 Å². The third-order valence-corrected chi connectivity index (χ3v) is 1.04. The van der Waals surface area contributed by atoms with Crippen LogP contribution in [0.2, 0.25) is 0 Å². The summed E-state index contributed by atoms with van der Waals surface area (Å²) in [6.45, 7) is 6.45. The van der Waals surface area contributed by atoms with Gasteiger partial charge in [-0.15, -0.1) is 0 Å². The molecule has 1 aromatic heterocycles. The Balaban J connectivity index is 0.000000461. The number of nitrogens with zero attached hydrogens (tertiary/aromatic N) is 2. The van der Waals surface area contributed by atoms with E-state index in [1.54, 1.807) is 0 Å². The zero-order chi connectivity index (χ0) is 8.69. The van der Waals surface area contributed by atoms with Gasteiger partial charge in [-0.25, -0.2) is 4.98 Å². The number of hydrogen-bond donors (Lipinski definition) is 3. The Morgan fingerprint density at radius 3 is 2.55 bits per heavy atom. The van der Waals surface area contributed by atoms with E-state index >= 15 is 0 Å². The van der Waals surface area contributed by atoms with E-state index in [9.17, 15) is 0 Å². The molecule has 5 heteroatoms. The average Bonchev–Trinajstić information content (AvgIpc) is 2.41. The maximum atomic E-state index is 4.02. The van der Waals surface area contributed by atoms with Crippen molar-refractivity contribution in [1.82, 2.24) is 19.9 Å². The van der Waals surface area contributed by atoms with Gasteiger partial charge in [0.2, 0.25) is 0 Å². The van der Waals surface area contributed by atoms with Crippen molar-refractivity contribution in [3.05, 3.63) is 11.6 Å². The van der Waals surface area contributed by atoms with Crippen molar-refractivity contribution in [2.24, 2.45) is 0 Å². The monoisotopic (exact) mass is 174 g/mol. The van der Waals surface area contributed by atoms with Crippen LogP contribution in [0.1, 0.15) is 25.5 Å². The first-order chi connectivity index (χ1) is 5.33. The molecule has 4 nitrogen and oxygen atoms in total. The second kappa shape index (κ2) is 6.18. The fourth-order valence-electron chi connectivity index (χ4n) is 0.539. The topological polar surface area (TPSA) is 53.6 Å². The van der Waals surface area contributed by atoms with Crippen LogP contribution in [0, 0.1) is 6.92 Å². The minimum absolute atomic E-state index is 0.591. The van der Waals surface area contributed by atoms with Crippen LogP contribution in [-0.2, 0) is 6.54 Å². The van der Waals surface area contributed by atoms with E-state index in [0.29, 0.717) is 6.54 Å². The number of aromatic nitrogens is 3. The summed E-state index contributed by atoms with van der Waals surface area (Å²) in [7, 11) is 0. The van der Waals surface area contributed by atoms with Crippen LogP contribution >= 0.6 is 12.8 Å². The molecule has 1 rings (SSSR count). The fraction of sp³-hybridized carbons (Fsp3) is 0.667. The van der Waals surface area contributed by atoms with Gasteiger partial charge in [-0.2, -0.15) is 5.10 Å². The third kappa shape index (κ3) is 4.00. The van der Waals surface area contributed by atoms with E-state index < -0.39 is 0 Å².